The molecule has 4 heteroatoms. The molecule has 1 aromatic rings. The van der Waals surface area contributed by atoms with Gasteiger partial charge < -0.3 is 5.32 Å². The quantitative estimate of drug-likeness (QED) is 0.897. The van der Waals surface area contributed by atoms with Crippen LogP contribution in [0.15, 0.2) is 18.5 Å². The zero-order chi connectivity index (χ0) is 13.1. The van der Waals surface area contributed by atoms with Gasteiger partial charge in [-0.1, -0.05) is 39.3 Å². The van der Waals surface area contributed by atoms with E-state index in [1.807, 2.05) is 0 Å². The Balaban J connectivity index is 2.66. The van der Waals surface area contributed by atoms with Crippen LogP contribution in [0, 0.1) is 11.3 Å². The van der Waals surface area contributed by atoms with Crippen LogP contribution in [0.3, 0.4) is 0 Å². The Bertz CT molecular complexity index is 402. The van der Waals surface area contributed by atoms with Crippen LogP contribution in [-0.2, 0) is 0 Å². The number of pyridine rings is 1. The van der Waals surface area contributed by atoms with Crippen molar-refractivity contribution in [3.8, 4) is 0 Å². The molecule has 0 aliphatic rings. The molecule has 0 aliphatic carbocycles. The molecule has 0 radical (unpaired) electrons. The van der Waals surface area contributed by atoms with E-state index in [-0.39, 0.29) is 11.3 Å². The summed E-state index contributed by atoms with van der Waals surface area (Å²) >= 11 is 5.93. The highest BCUT2D eigenvalue weighted by Gasteiger charge is 2.23. The molecule has 0 saturated carbocycles. The van der Waals surface area contributed by atoms with E-state index in [1.165, 1.54) is 6.20 Å². The Hall–Kier alpha value is -1.09. The number of halogens is 1. The van der Waals surface area contributed by atoms with E-state index in [0.29, 0.717) is 23.0 Å². The van der Waals surface area contributed by atoms with Crippen LogP contribution >= 0.6 is 11.6 Å². The molecule has 0 bridgehead atoms. The van der Waals surface area contributed by atoms with Gasteiger partial charge >= 0.3 is 0 Å². The fourth-order valence-corrected chi connectivity index (χ4v) is 1.34. The molecule has 1 heterocycles. The molecule has 0 saturated heterocycles. The molecular formula is C13H19ClN2O. The van der Waals surface area contributed by atoms with Gasteiger partial charge in [-0.3, -0.25) is 9.78 Å². The van der Waals surface area contributed by atoms with Gasteiger partial charge in [0.05, 0.1) is 10.6 Å². The largest absolute Gasteiger partial charge is 0.351 e. The fourth-order valence-electron chi connectivity index (χ4n) is 1.15. The maximum absolute atomic E-state index is 11.9. The highest BCUT2D eigenvalue weighted by Crippen LogP contribution is 2.25. The number of nitrogens with zero attached hydrogens (tertiary/aromatic N) is 1. The van der Waals surface area contributed by atoms with Gasteiger partial charge in [-0.2, -0.15) is 0 Å². The van der Waals surface area contributed by atoms with E-state index in [4.69, 9.17) is 11.6 Å². The minimum Gasteiger partial charge on any atom is -0.351 e. The fraction of sp³-hybridized carbons (Fsp3) is 0.538. The Morgan fingerprint density at radius 1 is 1.53 bits per heavy atom. The summed E-state index contributed by atoms with van der Waals surface area (Å²) in [6.07, 6.45) is 3.05. The van der Waals surface area contributed by atoms with Crippen LogP contribution < -0.4 is 5.32 Å². The first-order valence-corrected chi connectivity index (χ1v) is 6.10. The smallest absolute Gasteiger partial charge is 0.254 e. The zero-order valence-electron chi connectivity index (χ0n) is 10.7. The lowest BCUT2D eigenvalue weighted by Crippen LogP contribution is -2.37. The average molecular weight is 255 g/mol. The number of hydrogen-bond acceptors (Lipinski definition) is 2. The Labute approximate surface area is 108 Å². The molecule has 0 aliphatic heterocycles. The summed E-state index contributed by atoms with van der Waals surface area (Å²) in [5.41, 5.74) is 0.485. The molecule has 94 valence electrons. The normalized spacial score (nSPS) is 11.6. The van der Waals surface area contributed by atoms with Gasteiger partial charge in [-0.25, -0.2) is 0 Å². The molecule has 1 N–H and O–H groups in total. The second-order valence-corrected chi connectivity index (χ2v) is 5.59. The van der Waals surface area contributed by atoms with Gasteiger partial charge in [0.2, 0.25) is 0 Å². The minimum absolute atomic E-state index is 0.0599. The molecule has 0 unspecified atom stereocenters. The molecular weight excluding hydrogens is 236 g/mol. The number of hydrogen-bond donors (Lipinski definition) is 1. The van der Waals surface area contributed by atoms with Crippen molar-refractivity contribution in [2.45, 2.75) is 27.7 Å². The van der Waals surface area contributed by atoms with E-state index in [9.17, 15) is 4.79 Å². The van der Waals surface area contributed by atoms with E-state index < -0.39 is 0 Å². The van der Waals surface area contributed by atoms with Crippen LogP contribution in [0.4, 0.5) is 0 Å². The molecule has 1 rings (SSSR count). The SMILES string of the molecule is CC(C)C(C)(C)CNC(=O)c1cnccc1Cl. The summed E-state index contributed by atoms with van der Waals surface area (Å²) in [6, 6.07) is 1.62. The van der Waals surface area contributed by atoms with Crippen LogP contribution in [0.1, 0.15) is 38.1 Å². The number of carbonyl (C=O) groups excluding carboxylic acids is 1. The van der Waals surface area contributed by atoms with Gasteiger partial charge in [0, 0.05) is 18.9 Å². The monoisotopic (exact) mass is 254 g/mol. The number of nitrogens with one attached hydrogen (secondary N) is 1. The van der Waals surface area contributed by atoms with Crippen molar-refractivity contribution in [2.24, 2.45) is 11.3 Å². The van der Waals surface area contributed by atoms with Crippen molar-refractivity contribution in [1.82, 2.24) is 10.3 Å². The third kappa shape index (κ3) is 3.70. The lowest BCUT2D eigenvalue weighted by atomic mass is 9.81. The summed E-state index contributed by atoms with van der Waals surface area (Å²) < 4.78 is 0. The molecule has 1 amide bonds. The van der Waals surface area contributed by atoms with E-state index in [0.717, 1.165) is 0 Å². The second-order valence-electron chi connectivity index (χ2n) is 5.18. The number of rotatable bonds is 4. The van der Waals surface area contributed by atoms with Crippen LogP contribution in [-0.4, -0.2) is 17.4 Å². The van der Waals surface area contributed by atoms with Gasteiger partial charge in [0.25, 0.3) is 5.91 Å². The van der Waals surface area contributed by atoms with Crippen molar-refractivity contribution < 1.29 is 4.79 Å². The van der Waals surface area contributed by atoms with E-state index >= 15 is 0 Å². The molecule has 17 heavy (non-hydrogen) atoms. The maximum atomic E-state index is 11.9. The van der Waals surface area contributed by atoms with E-state index in [2.05, 4.69) is 38.0 Å². The molecule has 1 aromatic heterocycles. The molecule has 0 aromatic carbocycles. The molecule has 0 atom stereocenters. The molecule has 0 fully saturated rings. The first-order valence-electron chi connectivity index (χ1n) is 5.72. The van der Waals surface area contributed by atoms with Crippen molar-refractivity contribution in [3.05, 3.63) is 29.0 Å². The first-order chi connectivity index (χ1) is 7.84. The summed E-state index contributed by atoms with van der Waals surface area (Å²) in [5.74, 6) is 0.323. The molecule has 3 nitrogen and oxygen atoms in total. The Kier molecular flexibility index (Phi) is 4.52. The van der Waals surface area contributed by atoms with Gasteiger partial charge in [-0.05, 0) is 17.4 Å². The van der Waals surface area contributed by atoms with Crippen molar-refractivity contribution in [1.29, 1.82) is 0 Å². The van der Waals surface area contributed by atoms with Gasteiger partial charge in [-0.15, -0.1) is 0 Å². The van der Waals surface area contributed by atoms with Gasteiger partial charge in [0.15, 0.2) is 0 Å². The zero-order valence-corrected chi connectivity index (χ0v) is 11.5. The van der Waals surface area contributed by atoms with Crippen LogP contribution in [0.25, 0.3) is 0 Å². The summed E-state index contributed by atoms with van der Waals surface area (Å²) in [7, 11) is 0. The minimum atomic E-state index is -0.170. The lowest BCUT2D eigenvalue weighted by Gasteiger charge is -2.29. The third-order valence-corrected chi connectivity index (χ3v) is 3.61. The van der Waals surface area contributed by atoms with Crippen molar-refractivity contribution in [3.63, 3.8) is 0 Å². The van der Waals surface area contributed by atoms with Crippen LogP contribution in [0.2, 0.25) is 5.02 Å². The van der Waals surface area contributed by atoms with Gasteiger partial charge in [0.1, 0.15) is 0 Å². The summed E-state index contributed by atoms with van der Waals surface area (Å²) in [4.78, 5) is 15.8. The average Bonchev–Trinajstić information content (AvgIpc) is 2.26. The van der Waals surface area contributed by atoms with Crippen LogP contribution in [0.5, 0.6) is 0 Å². The highest BCUT2D eigenvalue weighted by atomic mass is 35.5. The van der Waals surface area contributed by atoms with Crippen molar-refractivity contribution >= 4 is 17.5 Å². The maximum Gasteiger partial charge on any atom is 0.254 e. The summed E-state index contributed by atoms with van der Waals surface area (Å²) in [5, 5.41) is 3.33. The Morgan fingerprint density at radius 2 is 2.18 bits per heavy atom. The first kappa shape index (κ1) is 14.0. The standard InChI is InChI=1S/C13H19ClN2O/c1-9(2)13(3,4)8-16-12(17)10-7-15-6-5-11(10)14/h5-7,9H,8H2,1-4H3,(H,16,17). The number of carbonyl (C=O) groups is 1. The van der Waals surface area contributed by atoms with E-state index in [1.54, 1.807) is 12.3 Å². The number of aromatic nitrogens is 1. The third-order valence-electron chi connectivity index (χ3n) is 3.28. The van der Waals surface area contributed by atoms with Crippen molar-refractivity contribution in [2.75, 3.05) is 6.54 Å². The predicted molar refractivity (Wildman–Crippen MR) is 70.2 cm³/mol. The second kappa shape index (κ2) is 5.50. The highest BCUT2D eigenvalue weighted by molar-refractivity contribution is 6.33. The summed E-state index contributed by atoms with van der Waals surface area (Å²) in [6.45, 7) is 9.16. The topological polar surface area (TPSA) is 42.0 Å². The predicted octanol–water partition coefficient (Wildman–Crippen LogP) is 3.15. The number of amides is 1. The molecule has 0 spiro atoms. The Morgan fingerprint density at radius 3 is 2.71 bits per heavy atom. The lowest BCUT2D eigenvalue weighted by molar-refractivity contribution is 0.0924.